The Balaban J connectivity index is 2.63. The first kappa shape index (κ1) is 16.1. The van der Waals surface area contributed by atoms with Gasteiger partial charge >= 0.3 is 0 Å². The first-order chi connectivity index (χ1) is 9.73. The standard InChI is InChI=1S/C19H28O2/c1-7-9-16(20)13-10-14(18(3,4)5)17-15(11-13)19(6,8-2)12-21-17/h10-11H,7-9,12H2,1-6H3. The van der Waals surface area contributed by atoms with Crippen molar-refractivity contribution < 1.29 is 9.53 Å². The van der Waals surface area contributed by atoms with Gasteiger partial charge in [0.25, 0.3) is 0 Å². The summed E-state index contributed by atoms with van der Waals surface area (Å²) < 4.78 is 6.05. The molecule has 1 aliphatic rings. The van der Waals surface area contributed by atoms with Crippen molar-refractivity contribution >= 4 is 5.78 Å². The van der Waals surface area contributed by atoms with Gasteiger partial charge in [0.15, 0.2) is 5.78 Å². The summed E-state index contributed by atoms with van der Waals surface area (Å²) in [6, 6.07) is 4.14. The van der Waals surface area contributed by atoms with Crippen molar-refractivity contribution in [3.8, 4) is 5.75 Å². The zero-order chi connectivity index (χ0) is 15.8. The molecule has 0 saturated carbocycles. The number of carbonyl (C=O) groups is 1. The van der Waals surface area contributed by atoms with E-state index in [0.29, 0.717) is 13.0 Å². The fourth-order valence-corrected chi connectivity index (χ4v) is 2.92. The van der Waals surface area contributed by atoms with E-state index in [1.165, 1.54) is 5.56 Å². The number of Topliss-reactive ketones (excluding diaryl/α,β-unsaturated/α-hetero) is 1. The molecule has 1 aromatic rings. The van der Waals surface area contributed by atoms with E-state index in [2.05, 4.69) is 53.7 Å². The molecular formula is C19H28O2. The molecule has 2 nitrogen and oxygen atoms in total. The summed E-state index contributed by atoms with van der Waals surface area (Å²) in [6.45, 7) is 13.7. The monoisotopic (exact) mass is 288 g/mol. The largest absolute Gasteiger partial charge is 0.492 e. The minimum Gasteiger partial charge on any atom is -0.492 e. The Hall–Kier alpha value is -1.31. The lowest BCUT2D eigenvalue weighted by molar-refractivity contribution is 0.0981. The maximum Gasteiger partial charge on any atom is 0.162 e. The molecule has 0 aliphatic carbocycles. The first-order valence-corrected chi connectivity index (χ1v) is 8.08. The molecule has 0 aromatic heterocycles. The molecule has 0 spiro atoms. The lowest BCUT2D eigenvalue weighted by Gasteiger charge is -2.25. The van der Waals surface area contributed by atoms with Gasteiger partial charge in [-0.1, -0.05) is 41.5 Å². The summed E-state index contributed by atoms with van der Waals surface area (Å²) in [7, 11) is 0. The topological polar surface area (TPSA) is 26.3 Å². The molecule has 0 amide bonds. The van der Waals surface area contributed by atoms with Crippen LogP contribution >= 0.6 is 0 Å². The highest BCUT2D eigenvalue weighted by Crippen LogP contribution is 2.46. The van der Waals surface area contributed by atoms with Crippen molar-refractivity contribution in [2.75, 3.05) is 6.61 Å². The number of hydrogen-bond acceptors (Lipinski definition) is 2. The average molecular weight is 288 g/mol. The molecule has 116 valence electrons. The fraction of sp³-hybridized carbons (Fsp3) is 0.632. The number of hydrogen-bond donors (Lipinski definition) is 0. The van der Waals surface area contributed by atoms with Gasteiger partial charge in [-0.15, -0.1) is 0 Å². The van der Waals surface area contributed by atoms with Crippen molar-refractivity contribution in [3.05, 3.63) is 28.8 Å². The molecule has 2 rings (SSSR count). The highest BCUT2D eigenvalue weighted by Gasteiger charge is 2.38. The van der Waals surface area contributed by atoms with Gasteiger partial charge in [0, 0.05) is 28.5 Å². The van der Waals surface area contributed by atoms with Crippen LogP contribution < -0.4 is 4.74 Å². The molecule has 0 N–H and O–H groups in total. The van der Waals surface area contributed by atoms with Gasteiger partial charge in [0.1, 0.15) is 5.75 Å². The van der Waals surface area contributed by atoms with Gasteiger partial charge in [-0.2, -0.15) is 0 Å². The maximum atomic E-state index is 12.4. The van der Waals surface area contributed by atoms with Gasteiger partial charge in [0.05, 0.1) is 6.61 Å². The molecule has 2 heteroatoms. The zero-order valence-corrected chi connectivity index (χ0v) is 14.3. The third kappa shape index (κ3) is 2.86. The van der Waals surface area contributed by atoms with E-state index in [1.54, 1.807) is 0 Å². The number of benzene rings is 1. The molecule has 21 heavy (non-hydrogen) atoms. The predicted octanol–water partition coefficient (Wildman–Crippen LogP) is 5.03. The Morgan fingerprint density at radius 3 is 2.48 bits per heavy atom. The Labute approximate surface area is 128 Å². The second kappa shape index (κ2) is 5.47. The lowest BCUT2D eigenvalue weighted by atomic mass is 9.77. The third-order valence-electron chi connectivity index (χ3n) is 4.66. The summed E-state index contributed by atoms with van der Waals surface area (Å²) in [5, 5.41) is 0. The average Bonchev–Trinajstić information content (AvgIpc) is 2.75. The third-order valence-corrected chi connectivity index (χ3v) is 4.66. The second-order valence-electron chi connectivity index (χ2n) is 7.53. The van der Waals surface area contributed by atoms with Gasteiger partial charge in [-0.3, -0.25) is 4.79 Å². The number of ketones is 1. The van der Waals surface area contributed by atoms with Crippen LogP contribution in [0.3, 0.4) is 0 Å². The highest BCUT2D eigenvalue weighted by molar-refractivity contribution is 5.97. The molecular weight excluding hydrogens is 260 g/mol. The molecule has 0 saturated heterocycles. The molecule has 0 bridgehead atoms. The fourth-order valence-electron chi connectivity index (χ4n) is 2.92. The van der Waals surface area contributed by atoms with E-state index in [9.17, 15) is 4.79 Å². The maximum absolute atomic E-state index is 12.4. The van der Waals surface area contributed by atoms with E-state index < -0.39 is 0 Å². The zero-order valence-electron chi connectivity index (χ0n) is 14.3. The highest BCUT2D eigenvalue weighted by atomic mass is 16.5. The Bertz CT molecular complexity index is 551. The van der Waals surface area contributed by atoms with Crippen LogP contribution in [0.25, 0.3) is 0 Å². The van der Waals surface area contributed by atoms with Crippen molar-refractivity contribution in [2.24, 2.45) is 0 Å². The van der Waals surface area contributed by atoms with Crippen LogP contribution in [0.1, 0.15) is 82.3 Å². The van der Waals surface area contributed by atoms with Crippen LogP contribution in [-0.2, 0) is 10.8 Å². The lowest BCUT2D eigenvalue weighted by Crippen LogP contribution is -2.22. The van der Waals surface area contributed by atoms with Crippen LogP contribution in [0.5, 0.6) is 5.75 Å². The van der Waals surface area contributed by atoms with Crippen LogP contribution in [0.4, 0.5) is 0 Å². The molecule has 0 fully saturated rings. The minimum absolute atomic E-state index is 0.0222. The Morgan fingerprint density at radius 2 is 1.95 bits per heavy atom. The van der Waals surface area contributed by atoms with Crippen LogP contribution in [0, 0.1) is 0 Å². The van der Waals surface area contributed by atoms with Crippen molar-refractivity contribution in [1.29, 1.82) is 0 Å². The number of fused-ring (bicyclic) bond motifs is 1. The summed E-state index contributed by atoms with van der Waals surface area (Å²) >= 11 is 0. The van der Waals surface area contributed by atoms with Gasteiger partial charge in [0.2, 0.25) is 0 Å². The quantitative estimate of drug-likeness (QED) is 0.727. The van der Waals surface area contributed by atoms with E-state index in [4.69, 9.17) is 4.74 Å². The number of rotatable bonds is 4. The molecule has 1 atom stereocenters. The van der Waals surface area contributed by atoms with Gasteiger partial charge < -0.3 is 4.74 Å². The van der Waals surface area contributed by atoms with Crippen LogP contribution in [0.2, 0.25) is 0 Å². The smallest absolute Gasteiger partial charge is 0.162 e. The van der Waals surface area contributed by atoms with Crippen LogP contribution in [0.15, 0.2) is 12.1 Å². The summed E-state index contributed by atoms with van der Waals surface area (Å²) in [5.41, 5.74) is 3.24. The van der Waals surface area contributed by atoms with E-state index in [-0.39, 0.29) is 16.6 Å². The van der Waals surface area contributed by atoms with E-state index >= 15 is 0 Å². The van der Waals surface area contributed by atoms with Crippen LogP contribution in [-0.4, -0.2) is 12.4 Å². The normalized spacial score (nSPS) is 21.0. The van der Waals surface area contributed by atoms with E-state index in [0.717, 1.165) is 29.7 Å². The van der Waals surface area contributed by atoms with Gasteiger partial charge in [-0.25, -0.2) is 0 Å². The molecule has 1 aliphatic heterocycles. The Kier molecular flexibility index (Phi) is 4.19. The van der Waals surface area contributed by atoms with Crippen molar-refractivity contribution in [1.82, 2.24) is 0 Å². The van der Waals surface area contributed by atoms with Gasteiger partial charge in [-0.05, 0) is 30.4 Å². The summed E-state index contributed by atoms with van der Waals surface area (Å²) in [4.78, 5) is 12.4. The minimum atomic E-state index is -0.0222. The first-order valence-electron chi connectivity index (χ1n) is 8.08. The van der Waals surface area contributed by atoms with Crippen molar-refractivity contribution in [2.45, 2.75) is 71.6 Å². The molecule has 1 aromatic carbocycles. The number of carbonyl (C=O) groups excluding carboxylic acids is 1. The SMILES string of the molecule is CCCC(=O)c1cc(C(C)(C)C)c2c(c1)C(C)(CC)CO2. The van der Waals surface area contributed by atoms with E-state index in [1.807, 2.05) is 0 Å². The molecule has 1 heterocycles. The van der Waals surface area contributed by atoms with Crippen molar-refractivity contribution in [3.63, 3.8) is 0 Å². The predicted molar refractivity (Wildman–Crippen MR) is 87.5 cm³/mol. The summed E-state index contributed by atoms with van der Waals surface area (Å²) in [6.07, 6.45) is 2.53. The Morgan fingerprint density at radius 1 is 1.29 bits per heavy atom. The molecule has 0 radical (unpaired) electrons. The second-order valence-corrected chi connectivity index (χ2v) is 7.53. The molecule has 1 unspecified atom stereocenters. The number of ether oxygens (including phenoxy) is 1. The summed E-state index contributed by atoms with van der Waals surface area (Å²) in [5.74, 6) is 1.26.